The van der Waals surface area contributed by atoms with Crippen molar-refractivity contribution in [3.8, 4) is 28.1 Å². The maximum absolute atomic E-state index is 15.3. The molecule has 0 aliphatic heterocycles. The van der Waals surface area contributed by atoms with E-state index in [9.17, 15) is 23.5 Å². The van der Waals surface area contributed by atoms with E-state index in [0.29, 0.717) is 18.2 Å². The number of anilines is 1. The molecular formula is C31H31ClF3N5O4. The number of carbonyl (C=O) groups is 1. The fraction of sp³-hybridized carbons (Fsp3) is 0.355. The van der Waals surface area contributed by atoms with E-state index < -0.39 is 35.6 Å². The van der Waals surface area contributed by atoms with Crippen LogP contribution in [0.3, 0.4) is 0 Å². The first-order valence-electron chi connectivity index (χ1n) is 13.9. The number of rotatable bonds is 9. The van der Waals surface area contributed by atoms with Gasteiger partial charge in [0, 0.05) is 27.8 Å². The Kier molecular flexibility index (Phi) is 8.48. The van der Waals surface area contributed by atoms with Crippen LogP contribution in [0.25, 0.3) is 22.4 Å². The number of H-pyrrole nitrogens is 1. The number of ether oxygens (including phenoxy) is 1. The fourth-order valence-electron chi connectivity index (χ4n) is 5.25. The highest BCUT2D eigenvalue weighted by atomic mass is 35.5. The molecule has 1 aliphatic carbocycles. The van der Waals surface area contributed by atoms with Crippen LogP contribution in [0.2, 0.25) is 5.02 Å². The van der Waals surface area contributed by atoms with Crippen molar-refractivity contribution in [3.63, 3.8) is 0 Å². The molecule has 0 spiro atoms. The zero-order valence-corrected chi connectivity index (χ0v) is 25.2. The predicted molar refractivity (Wildman–Crippen MR) is 160 cm³/mol. The van der Waals surface area contributed by atoms with Gasteiger partial charge in [0.1, 0.15) is 17.4 Å². The molecular weight excluding hydrogens is 599 g/mol. The third kappa shape index (κ3) is 6.30. The highest BCUT2D eigenvalue weighted by Crippen LogP contribution is 2.41. The minimum Gasteiger partial charge on any atom is -0.495 e. The van der Waals surface area contributed by atoms with Gasteiger partial charge in [-0.2, -0.15) is 4.39 Å². The number of benzene rings is 1. The van der Waals surface area contributed by atoms with Crippen molar-refractivity contribution < 1.29 is 27.8 Å². The average molecular weight is 630 g/mol. The van der Waals surface area contributed by atoms with Gasteiger partial charge in [-0.05, 0) is 62.9 Å². The molecule has 44 heavy (non-hydrogen) atoms. The van der Waals surface area contributed by atoms with Crippen LogP contribution >= 0.6 is 11.6 Å². The van der Waals surface area contributed by atoms with Crippen LogP contribution < -0.4 is 15.2 Å². The summed E-state index contributed by atoms with van der Waals surface area (Å²) in [6.45, 7) is 5.02. The first-order valence-corrected chi connectivity index (χ1v) is 14.3. The van der Waals surface area contributed by atoms with E-state index in [4.69, 9.17) is 16.3 Å². The first kappa shape index (κ1) is 31.1. The molecule has 1 unspecified atom stereocenters. The lowest BCUT2D eigenvalue weighted by Crippen LogP contribution is -2.45. The zero-order valence-electron chi connectivity index (χ0n) is 24.4. The summed E-state index contributed by atoms with van der Waals surface area (Å²) in [5.41, 5.74) is -1.00. The van der Waals surface area contributed by atoms with Gasteiger partial charge < -0.3 is 19.4 Å². The molecule has 2 N–H and O–H groups in total. The number of aromatic nitrogens is 4. The second-order valence-electron chi connectivity index (χ2n) is 11.7. The topological polar surface area (TPSA) is 113 Å². The Morgan fingerprint density at radius 3 is 2.50 bits per heavy atom. The van der Waals surface area contributed by atoms with Gasteiger partial charge in [-0.15, -0.1) is 0 Å². The molecule has 1 fully saturated rings. The normalized spacial score (nSPS) is 14.1. The largest absolute Gasteiger partial charge is 0.495 e. The molecule has 0 radical (unpaired) electrons. The number of methoxy groups -OCH3 is 1. The Bertz CT molecular complexity index is 1760. The van der Waals surface area contributed by atoms with Gasteiger partial charge in [-0.1, -0.05) is 30.5 Å². The second-order valence-corrected chi connectivity index (χ2v) is 12.1. The molecule has 4 aromatic rings. The third-order valence-corrected chi connectivity index (χ3v) is 7.76. The van der Waals surface area contributed by atoms with Gasteiger partial charge in [0.25, 0.3) is 12.0 Å². The van der Waals surface area contributed by atoms with Gasteiger partial charge in [0.2, 0.25) is 5.95 Å². The molecule has 232 valence electrons. The van der Waals surface area contributed by atoms with Crippen LogP contribution in [-0.4, -0.2) is 43.4 Å². The molecule has 1 atom stereocenters. The number of nitrogens with zero attached hydrogens (tertiary/aromatic N) is 4. The van der Waals surface area contributed by atoms with Gasteiger partial charge in [0.05, 0.1) is 36.8 Å². The molecule has 1 saturated carbocycles. The number of pyridine rings is 2. The van der Waals surface area contributed by atoms with Gasteiger partial charge in [0.15, 0.2) is 0 Å². The van der Waals surface area contributed by atoms with E-state index in [2.05, 4.69) is 15.0 Å². The van der Waals surface area contributed by atoms with Gasteiger partial charge in [-0.3, -0.25) is 9.69 Å². The third-order valence-electron chi connectivity index (χ3n) is 7.52. The summed E-state index contributed by atoms with van der Waals surface area (Å²) in [7, 11) is 1.38. The standard InChI is InChI=1S/C31H31ClF3N5O4/c1-31(2,3)40(30(42)43)25-10-9-19(28(35)38-25)22-14-36-29(37-22)23(11-16-5-6-16)39-15-24(44-4)21(13-26(39)41)20-12-17(32)7-8-18(20)27(33)34/h7-10,12-16,23,27H,5-6,11H2,1-4H3,(H,36,37)(H,42,43). The molecule has 1 aliphatic rings. The second kappa shape index (κ2) is 12.0. The Balaban J connectivity index is 1.54. The molecule has 5 rings (SSSR count). The number of aromatic amines is 1. The molecule has 3 heterocycles. The fourth-order valence-corrected chi connectivity index (χ4v) is 5.42. The summed E-state index contributed by atoms with van der Waals surface area (Å²) >= 11 is 6.11. The molecule has 0 bridgehead atoms. The molecule has 3 aromatic heterocycles. The SMILES string of the molecule is COc1cn(C(CC2CC2)c2ncc(-c3ccc(N(C(=O)O)C(C)(C)C)nc3F)[nH]2)c(=O)cc1-c1cc(Cl)ccc1C(F)F. The minimum atomic E-state index is -2.80. The van der Waals surface area contributed by atoms with E-state index >= 15 is 4.39 Å². The van der Waals surface area contributed by atoms with Crippen LogP contribution in [0.4, 0.5) is 23.8 Å². The van der Waals surface area contributed by atoms with Gasteiger partial charge >= 0.3 is 6.09 Å². The van der Waals surface area contributed by atoms with E-state index in [1.165, 1.54) is 60.5 Å². The number of nitrogens with one attached hydrogen (secondary N) is 1. The Morgan fingerprint density at radius 2 is 1.91 bits per heavy atom. The number of alkyl halides is 2. The van der Waals surface area contributed by atoms with Crippen LogP contribution in [0.1, 0.15) is 63.9 Å². The van der Waals surface area contributed by atoms with E-state index in [0.717, 1.165) is 17.7 Å². The number of hydrogen-bond acceptors (Lipinski definition) is 5. The smallest absolute Gasteiger partial charge is 0.413 e. The molecule has 9 nitrogen and oxygen atoms in total. The van der Waals surface area contributed by atoms with Crippen LogP contribution in [0, 0.1) is 11.9 Å². The number of imidazole rings is 1. The number of amides is 1. The lowest BCUT2D eigenvalue weighted by molar-refractivity contribution is 0.152. The zero-order chi connectivity index (χ0) is 31.9. The Morgan fingerprint density at radius 1 is 1.18 bits per heavy atom. The van der Waals surface area contributed by atoms with Crippen molar-refractivity contribution >= 4 is 23.5 Å². The highest BCUT2D eigenvalue weighted by Gasteiger charge is 2.32. The predicted octanol–water partition coefficient (Wildman–Crippen LogP) is 7.71. The summed E-state index contributed by atoms with van der Waals surface area (Å²) in [6, 6.07) is 7.43. The van der Waals surface area contributed by atoms with E-state index in [1.54, 1.807) is 20.8 Å². The maximum atomic E-state index is 15.3. The number of carboxylic acid groups (broad SMARTS) is 1. The number of halogens is 4. The van der Waals surface area contributed by atoms with Crippen LogP contribution in [0.15, 0.2) is 53.6 Å². The quantitative estimate of drug-likeness (QED) is 0.183. The molecule has 0 saturated heterocycles. The van der Waals surface area contributed by atoms with Crippen molar-refractivity contribution in [2.75, 3.05) is 12.0 Å². The summed E-state index contributed by atoms with van der Waals surface area (Å²) in [5.74, 6) is -0.0572. The maximum Gasteiger partial charge on any atom is 0.413 e. The summed E-state index contributed by atoms with van der Waals surface area (Å²) in [5, 5.41) is 9.88. The summed E-state index contributed by atoms with van der Waals surface area (Å²) in [6.07, 6.45) is 1.32. The van der Waals surface area contributed by atoms with Crippen molar-refractivity contribution in [3.05, 3.63) is 81.5 Å². The van der Waals surface area contributed by atoms with Crippen LogP contribution in [0.5, 0.6) is 5.75 Å². The molecule has 1 aromatic carbocycles. The molecule has 13 heteroatoms. The molecule has 1 amide bonds. The van der Waals surface area contributed by atoms with Crippen molar-refractivity contribution in [2.45, 2.75) is 58.0 Å². The number of hydrogen-bond donors (Lipinski definition) is 2. The lowest BCUT2D eigenvalue weighted by Gasteiger charge is -2.32. The van der Waals surface area contributed by atoms with Gasteiger partial charge in [-0.25, -0.2) is 23.5 Å². The monoisotopic (exact) mass is 629 g/mol. The first-order chi connectivity index (χ1) is 20.8. The summed E-state index contributed by atoms with van der Waals surface area (Å²) in [4.78, 5) is 37.8. The van der Waals surface area contributed by atoms with Crippen molar-refractivity contribution in [2.24, 2.45) is 5.92 Å². The lowest BCUT2D eigenvalue weighted by atomic mass is 9.99. The summed E-state index contributed by atoms with van der Waals surface area (Å²) < 4.78 is 49.9. The van der Waals surface area contributed by atoms with E-state index in [-0.39, 0.29) is 44.5 Å². The minimum absolute atomic E-state index is 0.0639. The highest BCUT2D eigenvalue weighted by molar-refractivity contribution is 6.30. The van der Waals surface area contributed by atoms with Crippen molar-refractivity contribution in [1.29, 1.82) is 0 Å². The average Bonchev–Trinajstić information content (AvgIpc) is 3.64. The van der Waals surface area contributed by atoms with Crippen molar-refractivity contribution in [1.82, 2.24) is 19.5 Å². The van der Waals surface area contributed by atoms with E-state index in [1.807, 2.05) is 0 Å². The van der Waals surface area contributed by atoms with Crippen LogP contribution in [-0.2, 0) is 0 Å². The Hall–Kier alpha value is -4.32. The Labute approximate surface area is 256 Å².